The van der Waals surface area contributed by atoms with E-state index in [1.54, 1.807) is 4.52 Å². The second-order valence-electron chi connectivity index (χ2n) is 7.99. The summed E-state index contributed by atoms with van der Waals surface area (Å²) in [5.41, 5.74) is 2.60. The van der Waals surface area contributed by atoms with E-state index in [1.807, 2.05) is 24.4 Å². The van der Waals surface area contributed by atoms with E-state index in [9.17, 15) is 0 Å². The number of likely N-dealkylation sites (tertiary alicyclic amines) is 1. The fourth-order valence-electron chi connectivity index (χ4n) is 3.57. The van der Waals surface area contributed by atoms with Crippen molar-refractivity contribution in [1.29, 1.82) is 0 Å². The van der Waals surface area contributed by atoms with Gasteiger partial charge in [-0.3, -0.25) is 0 Å². The van der Waals surface area contributed by atoms with Crippen LogP contribution in [0.1, 0.15) is 43.7 Å². The lowest BCUT2D eigenvalue weighted by Crippen LogP contribution is -2.36. The highest BCUT2D eigenvalue weighted by Gasteiger charge is 2.22. The van der Waals surface area contributed by atoms with E-state index in [2.05, 4.69) is 46.2 Å². The van der Waals surface area contributed by atoms with E-state index in [1.165, 1.54) is 0 Å². The molecule has 1 aliphatic heterocycles. The summed E-state index contributed by atoms with van der Waals surface area (Å²) in [6, 6.07) is 5.83. The van der Waals surface area contributed by atoms with Gasteiger partial charge in [-0.15, -0.1) is 0 Å². The second-order valence-corrected chi connectivity index (χ2v) is 8.81. The van der Waals surface area contributed by atoms with Crippen molar-refractivity contribution in [1.82, 2.24) is 24.5 Å². The van der Waals surface area contributed by atoms with Crippen LogP contribution in [-0.4, -0.2) is 50.7 Å². The molecule has 0 bridgehead atoms. The van der Waals surface area contributed by atoms with Crippen LogP contribution in [0.3, 0.4) is 0 Å². The van der Waals surface area contributed by atoms with Crippen LogP contribution in [0.25, 0.3) is 5.65 Å². The highest BCUT2D eigenvalue weighted by molar-refractivity contribution is 6.36. The number of benzene rings is 1. The predicted octanol–water partition coefficient (Wildman–Crippen LogP) is 4.64. The van der Waals surface area contributed by atoms with Crippen molar-refractivity contribution in [3.8, 4) is 6.01 Å². The van der Waals surface area contributed by atoms with Crippen LogP contribution in [0.4, 0.5) is 5.95 Å². The Bertz CT molecular complexity index is 1010. The van der Waals surface area contributed by atoms with E-state index in [0.29, 0.717) is 28.5 Å². The number of fused-ring (bicyclic) bond motifs is 1. The van der Waals surface area contributed by atoms with Crippen molar-refractivity contribution in [3.63, 3.8) is 0 Å². The molecule has 1 aliphatic rings. The highest BCUT2D eigenvalue weighted by Crippen LogP contribution is 2.27. The summed E-state index contributed by atoms with van der Waals surface area (Å²) in [5.74, 6) is 0.824. The number of hydrogen-bond acceptors (Lipinski definition) is 6. The maximum absolute atomic E-state index is 6.32. The molecule has 0 aliphatic carbocycles. The smallest absolute Gasteiger partial charge is 0.322 e. The molecule has 160 valence electrons. The maximum atomic E-state index is 6.32. The number of piperidine rings is 1. The lowest BCUT2D eigenvalue weighted by atomic mass is 10.1. The third kappa shape index (κ3) is 4.48. The number of aromatic nitrogens is 4. The predicted molar refractivity (Wildman–Crippen MR) is 120 cm³/mol. The standard InChI is InChI=1S/C21H26Cl2N6O/c1-13(2)15-12-25-29-19(15)26-21(30-14-7-9-28(3)10-8-14)27-20(29)24-11-16-17(22)5-4-6-18(16)23/h4-6,12-14H,7-11H2,1-3H3,(H,24,26,27). The van der Waals surface area contributed by atoms with Crippen LogP contribution < -0.4 is 10.1 Å². The Morgan fingerprint density at radius 3 is 2.53 bits per heavy atom. The molecule has 9 heteroatoms. The van der Waals surface area contributed by atoms with Crippen LogP contribution in [-0.2, 0) is 6.54 Å². The molecule has 7 nitrogen and oxygen atoms in total. The van der Waals surface area contributed by atoms with Crippen molar-refractivity contribution >= 4 is 34.8 Å². The van der Waals surface area contributed by atoms with Gasteiger partial charge >= 0.3 is 6.01 Å². The first kappa shape index (κ1) is 21.2. The topological polar surface area (TPSA) is 67.6 Å². The number of nitrogens with zero attached hydrogens (tertiary/aromatic N) is 5. The first-order valence-corrected chi connectivity index (χ1v) is 11.0. The minimum Gasteiger partial charge on any atom is -0.460 e. The summed E-state index contributed by atoms with van der Waals surface area (Å²) < 4.78 is 7.88. The van der Waals surface area contributed by atoms with Crippen LogP contribution >= 0.6 is 23.2 Å². The molecule has 4 rings (SSSR count). The van der Waals surface area contributed by atoms with Gasteiger partial charge in [-0.25, -0.2) is 0 Å². The zero-order valence-electron chi connectivity index (χ0n) is 17.4. The van der Waals surface area contributed by atoms with Crippen molar-refractivity contribution in [3.05, 3.63) is 45.6 Å². The minimum absolute atomic E-state index is 0.111. The monoisotopic (exact) mass is 448 g/mol. The summed E-state index contributed by atoms with van der Waals surface area (Å²) in [5, 5.41) is 9.02. The molecule has 1 aromatic carbocycles. The summed E-state index contributed by atoms with van der Waals surface area (Å²) >= 11 is 12.6. The first-order chi connectivity index (χ1) is 14.4. The minimum atomic E-state index is 0.111. The van der Waals surface area contributed by atoms with Gasteiger partial charge < -0.3 is 15.0 Å². The average Bonchev–Trinajstić information content (AvgIpc) is 3.14. The number of halogens is 2. The zero-order valence-corrected chi connectivity index (χ0v) is 18.9. The second kappa shape index (κ2) is 8.96. The Labute approximate surface area is 186 Å². The van der Waals surface area contributed by atoms with E-state index in [-0.39, 0.29) is 12.0 Å². The molecule has 2 aromatic heterocycles. The lowest BCUT2D eigenvalue weighted by molar-refractivity contribution is 0.105. The van der Waals surface area contributed by atoms with Crippen molar-refractivity contribution in [2.45, 2.75) is 45.3 Å². The molecule has 0 unspecified atom stereocenters. The van der Waals surface area contributed by atoms with E-state index < -0.39 is 0 Å². The molecule has 0 spiro atoms. The van der Waals surface area contributed by atoms with Gasteiger partial charge in [0, 0.05) is 40.8 Å². The quantitative estimate of drug-likeness (QED) is 0.592. The summed E-state index contributed by atoms with van der Waals surface area (Å²) in [7, 11) is 2.13. The van der Waals surface area contributed by atoms with Gasteiger partial charge in [0.15, 0.2) is 5.65 Å². The van der Waals surface area contributed by atoms with Crippen molar-refractivity contribution in [2.24, 2.45) is 0 Å². The van der Waals surface area contributed by atoms with E-state index >= 15 is 0 Å². The Kier molecular flexibility index (Phi) is 6.32. The number of nitrogens with one attached hydrogen (secondary N) is 1. The van der Waals surface area contributed by atoms with Crippen LogP contribution in [0, 0.1) is 0 Å². The van der Waals surface area contributed by atoms with E-state index in [4.69, 9.17) is 27.9 Å². The van der Waals surface area contributed by atoms with Crippen molar-refractivity contribution in [2.75, 3.05) is 25.5 Å². The molecule has 1 N–H and O–H groups in total. The fraction of sp³-hybridized carbons (Fsp3) is 0.476. The van der Waals surface area contributed by atoms with Crippen LogP contribution in [0.15, 0.2) is 24.4 Å². The third-order valence-corrected chi connectivity index (χ3v) is 6.13. The molecule has 0 amide bonds. The van der Waals surface area contributed by atoms with Crippen LogP contribution in [0.2, 0.25) is 10.0 Å². The van der Waals surface area contributed by atoms with Crippen LogP contribution in [0.5, 0.6) is 6.01 Å². The highest BCUT2D eigenvalue weighted by atomic mass is 35.5. The van der Waals surface area contributed by atoms with Gasteiger partial charge in [-0.2, -0.15) is 19.6 Å². The SMILES string of the molecule is CC(C)c1cnn2c(NCc3c(Cl)cccc3Cl)nc(OC3CCN(C)CC3)nc12. The largest absolute Gasteiger partial charge is 0.460 e. The van der Waals surface area contributed by atoms with Gasteiger partial charge in [0.1, 0.15) is 6.10 Å². The Hall–Kier alpha value is -2.09. The van der Waals surface area contributed by atoms with E-state index in [0.717, 1.165) is 42.7 Å². The van der Waals surface area contributed by atoms with Gasteiger partial charge in [0.05, 0.1) is 6.20 Å². The lowest BCUT2D eigenvalue weighted by Gasteiger charge is -2.28. The molecule has 3 heterocycles. The molecule has 0 atom stereocenters. The maximum Gasteiger partial charge on any atom is 0.322 e. The number of rotatable bonds is 6. The van der Waals surface area contributed by atoms with Crippen molar-refractivity contribution < 1.29 is 4.74 Å². The Morgan fingerprint density at radius 2 is 1.87 bits per heavy atom. The number of anilines is 1. The summed E-state index contributed by atoms with van der Waals surface area (Å²) in [4.78, 5) is 11.6. The van der Waals surface area contributed by atoms with Gasteiger partial charge in [0.2, 0.25) is 5.95 Å². The molecule has 1 saturated heterocycles. The molecule has 1 fully saturated rings. The average molecular weight is 449 g/mol. The normalized spacial score (nSPS) is 15.8. The molecule has 3 aromatic rings. The molecular formula is C21H26Cl2N6O. The number of hydrogen-bond donors (Lipinski definition) is 1. The number of ether oxygens (including phenoxy) is 1. The fourth-order valence-corrected chi connectivity index (χ4v) is 4.10. The third-order valence-electron chi connectivity index (χ3n) is 5.42. The summed E-state index contributed by atoms with van der Waals surface area (Å²) in [6.07, 6.45) is 3.86. The summed E-state index contributed by atoms with van der Waals surface area (Å²) in [6.45, 7) is 6.66. The van der Waals surface area contributed by atoms with Gasteiger partial charge in [-0.05, 0) is 37.9 Å². The molecular weight excluding hydrogens is 423 g/mol. The molecule has 30 heavy (non-hydrogen) atoms. The molecule has 0 radical (unpaired) electrons. The Morgan fingerprint density at radius 1 is 1.17 bits per heavy atom. The van der Waals surface area contributed by atoms with Gasteiger partial charge in [0.25, 0.3) is 0 Å². The first-order valence-electron chi connectivity index (χ1n) is 10.2. The van der Waals surface area contributed by atoms with Gasteiger partial charge in [-0.1, -0.05) is 43.1 Å². The zero-order chi connectivity index (χ0) is 21.3. The Balaban J connectivity index is 1.65. The molecule has 0 saturated carbocycles.